The van der Waals surface area contributed by atoms with E-state index in [0.29, 0.717) is 10.2 Å². The zero-order valence-electron chi connectivity index (χ0n) is 10.2. The molecule has 3 aromatic heterocycles. The number of hydrogen-bond donors (Lipinski definition) is 1. The molecular weight excluding hydrogens is 272 g/mol. The minimum atomic E-state index is -0.317. The van der Waals surface area contributed by atoms with Gasteiger partial charge in [-0.05, 0) is 12.1 Å². The normalized spacial score (nSPS) is 11.2. The Bertz CT molecular complexity index is 975. The minimum absolute atomic E-state index is 0.317. The van der Waals surface area contributed by atoms with Crippen molar-refractivity contribution >= 4 is 31.8 Å². The van der Waals surface area contributed by atoms with Crippen molar-refractivity contribution < 1.29 is 0 Å². The summed E-state index contributed by atoms with van der Waals surface area (Å²) in [4.78, 5) is 17.1. The molecule has 0 saturated heterocycles. The molecule has 0 radical (unpaired) electrons. The molecule has 4 aromatic rings. The van der Waals surface area contributed by atoms with E-state index >= 15 is 0 Å². The van der Waals surface area contributed by atoms with Crippen LogP contribution >= 0.6 is 11.3 Å². The molecule has 4 rings (SSSR count). The van der Waals surface area contributed by atoms with Gasteiger partial charge >= 0.3 is 5.56 Å². The number of aromatic amines is 1. The molecule has 0 bridgehead atoms. The van der Waals surface area contributed by atoms with Crippen LogP contribution in [0.5, 0.6) is 0 Å². The first-order chi connectivity index (χ1) is 9.83. The fourth-order valence-corrected chi connectivity index (χ4v) is 3.18. The first-order valence-corrected chi connectivity index (χ1v) is 6.84. The number of nitrogens with zero attached hydrogens (tertiary/aromatic N) is 3. The molecule has 0 aliphatic heterocycles. The molecule has 0 amide bonds. The van der Waals surface area contributed by atoms with Crippen molar-refractivity contribution in [2.45, 2.75) is 0 Å². The summed E-state index contributed by atoms with van der Waals surface area (Å²) in [5, 5.41) is 10.8. The van der Waals surface area contributed by atoms with Crippen molar-refractivity contribution in [3.8, 4) is 11.3 Å². The fraction of sp³-hybridized carbons (Fsp3) is 0. The van der Waals surface area contributed by atoms with Gasteiger partial charge in [0, 0.05) is 10.9 Å². The zero-order valence-corrected chi connectivity index (χ0v) is 11.0. The molecule has 0 aliphatic carbocycles. The number of hydrogen-bond acceptors (Lipinski definition) is 5. The van der Waals surface area contributed by atoms with Gasteiger partial charge in [-0.25, -0.2) is 4.98 Å². The van der Waals surface area contributed by atoms with Crippen LogP contribution in [0.25, 0.3) is 31.7 Å². The van der Waals surface area contributed by atoms with Gasteiger partial charge in [0.15, 0.2) is 0 Å². The van der Waals surface area contributed by atoms with Crippen LogP contribution in [0, 0.1) is 0 Å². The maximum atomic E-state index is 11.7. The molecule has 0 saturated carbocycles. The summed E-state index contributed by atoms with van der Waals surface area (Å²) in [5.74, 6) is 0. The van der Waals surface area contributed by atoms with E-state index in [1.165, 1.54) is 11.3 Å². The Labute approximate surface area is 116 Å². The lowest BCUT2D eigenvalue weighted by atomic mass is 10.1. The molecule has 0 atom stereocenters. The van der Waals surface area contributed by atoms with E-state index in [4.69, 9.17) is 0 Å². The maximum absolute atomic E-state index is 11.7. The van der Waals surface area contributed by atoms with Crippen molar-refractivity contribution in [3.63, 3.8) is 0 Å². The van der Waals surface area contributed by atoms with Crippen molar-refractivity contribution in [2.75, 3.05) is 0 Å². The van der Waals surface area contributed by atoms with Crippen LogP contribution in [0.1, 0.15) is 0 Å². The standard InChI is InChI=1S/C14H8N4OS/c19-13-12-11(16-18-17-13)9-6-7-10(15-14(9)20-12)8-4-2-1-3-5-8/h1-7H,(H,16,17,19). The van der Waals surface area contributed by atoms with Crippen molar-refractivity contribution in [1.82, 2.24) is 20.4 Å². The largest absolute Gasteiger partial charge is 0.309 e. The second-order valence-electron chi connectivity index (χ2n) is 4.34. The number of rotatable bonds is 1. The van der Waals surface area contributed by atoms with Gasteiger partial charge in [-0.2, -0.15) is 0 Å². The molecule has 5 nitrogen and oxygen atoms in total. The van der Waals surface area contributed by atoms with E-state index in [1.807, 2.05) is 42.5 Å². The van der Waals surface area contributed by atoms with Gasteiger partial charge < -0.3 is 0 Å². The molecule has 96 valence electrons. The van der Waals surface area contributed by atoms with E-state index in [9.17, 15) is 4.79 Å². The third kappa shape index (κ3) is 1.62. The number of pyridine rings is 1. The second-order valence-corrected chi connectivity index (χ2v) is 5.34. The first kappa shape index (κ1) is 11.2. The van der Waals surface area contributed by atoms with Gasteiger partial charge in [-0.15, -0.1) is 11.3 Å². The molecule has 0 fully saturated rings. The number of nitrogens with one attached hydrogen (secondary N) is 1. The molecular formula is C14H8N4OS. The Morgan fingerprint density at radius 2 is 1.90 bits per heavy atom. The SMILES string of the molecule is O=c1nn[nH]c2c1sc1nc(-c3ccccc3)ccc12. The third-order valence-corrected chi connectivity index (χ3v) is 4.21. The molecule has 3 heterocycles. The minimum Gasteiger partial charge on any atom is -0.264 e. The summed E-state index contributed by atoms with van der Waals surface area (Å²) in [6.07, 6.45) is 0. The van der Waals surface area contributed by atoms with Crippen LogP contribution in [0.4, 0.5) is 0 Å². The highest BCUT2D eigenvalue weighted by Gasteiger charge is 2.11. The van der Waals surface area contributed by atoms with E-state index in [-0.39, 0.29) is 5.56 Å². The molecule has 6 heteroatoms. The maximum Gasteiger partial charge on any atom is 0.309 e. The Morgan fingerprint density at radius 1 is 1.05 bits per heavy atom. The predicted octanol–water partition coefficient (Wildman–Crippen LogP) is 2.59. The fourth-order valence-electron chi connectivity index (χ4n) is 2.18. The van der Waals surface area contributed by atoms with Crippen molar-refractivity contribution in [2.24, 2.45) is 0 Å². The Balaban J connectivity index is 2.03. The van der Waals surface area contributed by atoms with Gasteiger partial charge in [0.1, 0.15) is 9.53 Å². The summed E-state index contributed by atoms with van der Waals surface area (Å²) in [5.41, 5.74) is 2.33. The van der Waals surface area contributed by atoms with E-state index < -0.39 is 0 Å². The summed E-state index contributed by atoms with van der Waals surface area (Å²) >= 11 is 1.34. The van der Waals surface area contributed by atoms with Crippen LogP contribution < -0.4 is 5.56 Å². The van der Waals surface area contributed by atoms with E-state index in [0.717, 1.165) is 21.5 Å². The quantitative estimate of drug-likeness (QED) is 0.581. The van der Waals surface area contributed by atoms with Crippen LogP contribution in [0.3, 0.4) is 0 Å². The third-order valence-electron chi connectivity index (χ3n) is 3.12. The van der Waals surface area contributed by atoms with Gasteiger partial charge in [-0.3, -0.25) is 9.89 Å². The lowest BCUT2D eigenvalue weighted by Crippen LogP contribution is -2.07. The van der Waals surface area contributed by atoms with Crippen LogP contribution in [-0.4, -0.2) is 20.4 Å². The van der Waals surface area contributed by atoms with Crippen LogP contribution in [-0.2, 0) is 0 Å². The Kier molecular flexibility index (Phi) is 2.37. The van der Waals surface area contributed by atoms with Gasteiger partial charge in [0.05, 0.1) is 11.2 Å². The summed E-state index contributed by atoms with van der Waals surface area (Å²) < 4.78 is 0.563. The van der Waals surface area contributed by atoms with Crippen LogP contribution in [0.2, 0.25) is 0 Å². The zero-order chi connectivity index (χ0) is 13.5. The van der Waals surface area contributed by atoms with Crippen molar-refractivity contribution in [1.29, 1.82) is 0 Å². The highest BCUT2D eigenvalue weighted by Crippen LogP contribution is 2.30. The lowest BCUT2D eigenvalue weighted by molar-refractivity contribution is 0.876. The number of benzene rings is 1. The Morgan fingerprint density at radius 3 is 2.75 bits per heavy atom. The number of thiophene rings is 1. The van der Waals surface area contributed by atoms with Crippen LogP contribution in [0.15, 0.2) is 47.3 Å². The highest BCUT2D eigenvalue weighted by atomic mass is 32.1. The summed E-state index contributed by atoms with van der Waals surface area (Å²) in [7, 11) is 0. The molecule has 0 spiro atoms. The first-order valence-electron chi connectivity index (χ1n) is 6.03. The molecule has 0 aliphatic rings. The summed E-state index contributed by atoms with van der Waals surface area (Å²) in [6, 6.07) is 13.8. The smallest absolute Gasteiger partial charge is 0.264 e. The average molecular weight is 280 g/mol. The Hall–Kier alpha value is -2.60. The topological polar surface area (TPSA) is 71.5 Å². The van der Waals surface area contributed by atoms with Gasteiger partial charge in [0.2, 0.25) is 0 Å². The molecule has 1 N–H and O–H groups in total. The number of fused-ring (bicyclic) bond motifs is 3. The van der Waals surface area contributed by atoms with Gasteiger partial charge in [0.25, 0.3) is 0 Å². The molecule has 0 unspecified atom stereocenters. The molecule has 20 heavy (non-hydrogen) atoms. The second kappa shape index (κ2) is 4.21. The molecule has 1 aromatic carbocycles. The predicted molar refractivity (Wildman–Crippen MR) is 78.8 cm³/mol. The van der Waals surface area contributed by atoms with E-state index in [2.05, 4.69) is 20.4 Å². The average Bonchev–Trinajstić information content (AvgIpc) is 2.87. The highest BCUT2D eigenvalue weighted by molar-refractivity contribution is 7.25. The summed E-state index contributed by atoms with van der Waals surface area (Å²) in [6.45, 7) is 0. The van der Waals surface area contributed by atoms with E-state index in [1.54, 1.807) is 0 Å². The number of aromatic nitrogens is 4. The lowest BCUT2D eigenvalue weighted by Gasteiger charge is -1.99. The number of H-pyrrole nitrogens is 1. The van der Waals surface area contributed by atoms with Gasteiger partial charge in [-0.1, -0.05) is 40.6 Å². The monoisotopic (exact) mass is 280 g/mol. The van der Waals surface area contributed by atoms with Crippen molar-refractivity contribution in [3.05, 3.63) is 52.8 Å².